The Morgan fingerprint density at radius 1 is 1.21 bits per heavy atom. The third-order valence-corrected chi connectivity index (χ3v) is 6.00. The van der Waals surface area contributed by atoms with Crippen LogP contribution in [-0.2, 0) is 17.9 Å². The van der Waals surface area contributed by atoms with Crippen molar-refractivity contribution in [2.45, 2.75) is 20.1 Å². The van der Waals surface area contributed by atoms with Crippen LogP contribution in [0.3, 0.4) is 0 Å². The molecule has 166 valence electrons. The Bertz CT molecular complexity index is 1420. The van der Waals surface area contributed by atoms with Crippen molar-refractivity contribution in [1.29, 1.82) is 0 Å². The van der Waals surface area contributed by atoms with Crippen LogP contribution < -0.4 is 4.74 Å². The minimum Gasteiger partial charge on any atom is -0.493 e. The molecule has 0 saturated heterocycles. The number of hydrogen-bond acceptors (Lipinski definition) is 5. The van der Waals surface area contributed by atoms with E-state index in [-0.39, 0.29) is 31.5 Å². The zero-order valence-electron chi connectivity index (χ0n) is 18.0. The molecule has 1 aliphatic rings. The molecule has 0 unspecified atom stereocenters. The highest BCUT2D eigenvalue weighted by atomic mass is 19.1. The zero-order chi connectivity index (χ0) is 23.1. The lowest BCUT2D eigenvalue weighted by Gasteiger charge is -2.21. The van der Waals surface area contributed by atoms with E-state index in [9.17, 15) is 14.4 Å². The highest BCUT2D eigenvalue weighted by Crippen LogP contribution is 2.42. The molecule has 1 N–H and O–H groups in total. The third-order valence-electron chi connectivity index (χ3n) is 6.00. The van der Waals surface area contributed by atoms with Gasteiger partial charge >= 0.3 is 0 Å². The average molecular weight is 444 g/mol. The Kier molecular flexibility index (Phi) is 5.18. The summed E-state index contributed by atoms with van der Waals surface area (Å²) in [5.41, 5.74) is 5.33. The molecule has 33 heavy (non-hydrogen) atoms. The Morgan fingerprint density at radius 3 is 2.82 bits per heavy atom. The molecule has 0 bridgehead atoms. The van der Waals surface area contributed by atoms with Gasteiger partial charge in [-0.25, -0.2) is 4.39 Å². The molecule has 0 aliphatic carbocycles. The Balaban J connectivity index is 1.61. The smallest absolute Gasteiger partial charge is 0.222 e. The van der Waals surface area contributed by atoms with E-state index in [1.54, 1.807) is 12.1 Å². The van der Waals surface area contributed by atoms with E-state index in [2.05, 4.69) is 11.8 Å². The summed E-state index contributed by atoms with van der Waals surface area (Å²) < 4.78 is 26.6. The largest absolute Gasteiger partial charge is 0.493 e. The second kappa shape index (κ2) is 8.18. The molecule has 0 spiro atoms. The molecule has 1 aromatic heterocycles. The number of ether oxygens (including phenoxy) is 2. The first-order valence-corrected chi connectivity index (χ1v) is 10.4. The van der Waals surface area contributed by atoms with Crippen LogP contribution in [0.1, 0.15) is 27.8 Å². The van der Waals surface area contributed by atoms with Gasteiger partial charge in [-0.05, 0) is 58.6 Å². The molecule has 5 rings (SSSR count). The number of hydrogen-bond donors (Lipinski definition) is 1. The van der Waals surface area contributed by atoms with E-state index in [1.807, 2.05) is 37.3 Å². The summed E-state index contributed by atoms with van der Waals surface area (Å²) in [7, 11) is 0. The number of aromatic hydroxyl groups is 1. The molecular formula is C26H21FN2O4. The van der Waals surface area contributed by atoms with E-state index in [4.69, 9.17) is 9.47 Å². The van der Waals surface area contributed by atoms with Crippen LogP contribution in [0, 0.1) is 17.6 Å². The first-order chi connectivity index (χ1) is 16.0. The van der Waals surface area contributed by atoms with Crippen LogP contribution in [0.15, 0.2) is 66.4 Å². The normalized spacial score (nSPS) is 12.9. The van der Waals surface area contributed by atoms with Crippen LogP contribution in [0.25, 0.3) is 16.5 Å². The predicted molar refractivity (Wildman–Crippen MR) is 124 cm³/mol. The van der Waals surface area contributed by atoms with Gasteiger partial charge in [-0.3, -0.25) is 0 Å². The number of fused-ring (bicyclic) bond motifs is 2. The predicted octanol–water partition coefficient (Wildman–Crippen LogP) is 6.17. The van der Waals surface area contributed by atoms with Crippen LogP contribution in [0.2, 0.25) is 0 Å². The highest BCUT2D eigenvalue weighted by molar-refractivity contribution is 5.98. The van der Waals surface area contributed by atoms with Gasteiger partial charge in [-0.15, -0.1) is 4.91 Å². The highest BCUT2D eigenvalue weighted by Gasteiger charge is 2.22. The van der Waals surface area contributed by atoms with Crippen molar-refractivity contribution in [2.75, 3.05) is 6.79 Å². The van der Waals surface area contributed by atoms with Gasteiger partial charge in [-0.1, -0.05) is 36.9 Å². The van der Waals surface area contributed by atoms with E-state index >= 15 is 0 Å². The molecule has 3 aromatic carbocycles. The topological polar surface area (TPSA) is 73.0 Å². The summed E-state index contributed by atoms with van der Waals surface area (Å²) >= 11 is 0. The standard InChI is InChI=1S/C26H21FN2O4/c1-15-5-3-4-6-21(15)16(2)17-7-8-23-22(11-17)24(28-31)26(30)29(23)12-18-9-20(27)10-19-13-32-14-33-25(18)19/h3-11,30H,2,12-14H2,1H3. The molecule has 0 saturated carbocycles. The summed E-state index contributed by atoms with van der Waals surface area (Å²) in [5.74, 6) is -0.197. The lowest BCUT2D eigenvalue weighted by Crippen LogP contribution is -2.14. The lowest BCUT2D eigenvalue weighted by atomic mass is 9.95. The fraction of sp³-hybridized carbons (Fsp3) is 0.154. The monoisotopic (exact) mass is 444 g/mol. The number of halogens is 1. The minimum absolute atomic E-state index is 0.0650. The minimum atomic E-state index is -0.431. The number of nitroso groups, excluding NO2 is 1. The van der Waals surface area contributed by atoms with Crippen molar-refractivity contribution >= 4 is 22.2 Å². The first kappa shape index (κ1) is 20.9. The van der Waals surface area contributed by atoms with Gasteiger partial charge in [0.1, 0.15) is 11.6 Å². The SMILES string of the molecule is C=C(c1ccc2c(c1)c(N=O)c(O)n2Cc1cc(F)cc2c1OCOC2)c1ccccc1C. The van der Waals surface area contributed by atoms with Crippen LogP contribution >= 0.6 is 0 Å². The second-order valence-electron chi connectivity index (χ2n) is 8.04. The van der Waals surface area contributed by atoms with Crippen molar-refractivity contribution in [1.82, 2.24) is 4.57 Å². The molecule has 0 atom stereocenters. The third kappa shape index (κ3) is 3.56. The number of aryl methyl sites for hydroxylation is 1. The summed E-state index contributed by atoms with van der Waals surface area (Å²) in [6.45, 7) is 6.63. The second-order valence-corrected chi connectivity index (χ2v) is 8.04. The number of nitrogens with zero attached hydrogens (tertiary/aromatic N) is 2. The quantitative estimate of drug-likeness (QED) is 0.374. The van der Waals surface area contributed by atoms with Gasteiger partial charge in [0.2, 0.25) is 5.88 Å². The van der Waals surface area contributed by atoms with E-state index < -0.39 is 5.82 Å². The first-order valence-electron chi connectivity index (χ1n) is 10.4. The van der Waals surface area contributed by atoms with Crippen LogP contribution in [-0.4, -0.2) is 16.5 Å². The Morgan fingerprint density at radius 2 is 2.03 bits per heavy atom. The van der Waals surface area contributed by atoms with Crippen LogP contribution in [0.4, 0.5) is 10.1 Å². The van der Waals surface area contributed by atoms with Crippen molar-refractivity contribution in [3.8, 4) is 11.6 Å². The molecule has 7 heteroatoms. The molecule has 6 nitrogen and oxygen atoms in total. The molecule has 1 aliphatic heterocycles. The maximum Gasteiger partial charge on any atom is 0.222 e. The van der Waals surface area contributed by atoms with Gasteiger partial charge in [0, 0.05) is 16.5 Å². The fourth-order valence-corrected chi connectivity index (χ4v) is 4.37. The molecular weight excluding hydrogens is 423 g/mol. The van der Waals surface area contributed by atoms with Crippen molar-refractivity contribution in [3.05, 3.63) is 99.7 Å². The molecule has 4 aromatic rings. The van der Waals surface area contributed by atoms with Gasteiger partial charge in [0.05, 0.1) is 18.7 Å². The van der Waals surface area contributed by atoms with Crippen molar-refractivity contribution < 1.29 is 19.0 Å². The van der Waals surface area contributed by atoms with Gasteiger partial charge in [0.25, 0.3) is 0 Å². The fourth-order valence-electron chi connectivity index (χ4n) is 4.37. The summed E-state index contributed by atoms with van der Waals surface area (Å²) in [5, 5.41) is 14.4. The molecule has 0 radical (unpaired) electrons. The lowest BCUT2D eigenvalue weighted by molar-refractivity contribution is -0.0173. The molecule has 0 amide bonds. The maximum atomic E-state index is 14.2. The van der Waals surface area contributed by atoms with Gasteiger partial charge in [0.15, 0.2) is 12.5 Å². The van der Waals surface area contributed by atoms with Gasteiger partial charge in [-0.2, -0.15) is 0 Å². The zero-order valence-corrected chi connectivity index (χ0v) is 18.0. The van der Waals surface area contributed by atoms with Crippen molar-refractivity contribution in [2.24, 2.45) is 5.18 Å². The molecule has 2 heterocycles. The summed E-state index contributed by atoms with van der Waals surface area (Å²) in [4.78, 5) is 11.7. The number of benzene rings is 3. The van der Waals surface area contributed by atoms with Gasteiger partial charge < -0.3 is 19.1 Å². The maximum absolute atomic E-state index is 14.2. The Hall–Kier alpha value is -3.97. The van der Waals surface area contributed by atoms with E-state index in [1.165, 1.54) is 16.7 Å². The van der Waals surface area contributed by atoms with Crippen LogP contribution in [0.5, 0.6) is 11.6 Å². The van der Waals surface area contributed by atoms with E-state index in [0.29, 0.717) is 27.8 Å². The Labute approximate surface area is 189 Å². The summed E-state index contributed by atoms with van der Waals surface area (Å²) in [6, 6.07) is 16.1. The molecule has 0 fully saturated rings. The number of rotatable bonds is 5. The van der Waals surface area contributed by atoms with E-state index in [0.717, 1.165) is 22.3 Å². The van der Waals surface area contributed by atoms with Crippen molar-refractivity contribution in [3.63, 3.8) is 0 Å². The summed E-state index contributed by atoms with van der Waals surface area (Å²) in [6.07, 6.45) is 0. The number of aromatic nitrogens is 1. The average Bonchev–Trinajstić information content (AvgIpc) is 3.08.